The Hall–Kier alpha value is -2.47. The van der Waals surface area contributed by atoms with E-state index in [2.05, 4.69) is 33.2 Å². The molecule has 0 aliphatic carbocycles. The Morgan fingerprint density at radius 3 is 2.69 bits per heavy atom. The van der Waals surface area contributed by atoms with Crippen LogP contribution in [0.1, 0.15) is 25.3 Å². The van der Waals surface area contributed by atoms with Gasteiger partial charge in [0, 0.05) is 23.1 Å². The lowest BCUT2D eigenvalue weighted by Crippen LogP contribution is -2.23. The number of amides is 1. The summed E-state index contributed by atoms with van der Waals surface area (Å²) in [5.74, 6) is -0.130. The largest absolute Gasteiger partial charge is 0.326 e. The quantitative estimate of drug-likeness (QED) is 0.660. The first-order chi connectivity index (χ1) is 12.6. The van der Waals surface area contributed by atoms with Gasteiger partial charge in [-0.3, -0.25) is 14.2 Å². The first-order valence-corrected chi connectivity index (χ1v) is 9.39. The van der Waals surface area contributed by atoms with E-state index in [1.165, 1.54) is 16.5 Å². The van der Waals surface area contributed by atoms with Crippen LogP contribution in [0.2, 0.25) is 0 Å². The molecule has 3 rings (SSSR count). The normalized spacial score (nSPS) is 10.8. The van der Waals surface area contributed by atoms with Gasteiger partial charge >= 0.3 is 0 Å². The van der Waals surface area contributed by atoms with E-state index >= 15 is 0 Å². The minimum atomic E-state index is -0.145. The molecular formula is C20H20BrN3O2. The number of carbonyl (C=O) groups is 1. The minimum Gasteiger partial charge on any atom is -0.326 e. The average Bonchev–Trinajstić information content (AvgIpc) is 2.63. The van der Waals surface area contributed by atoms with Gasteiger partial charge in [-0.1, -0.05) is 41.4 Å². The molecule has 1 amide bonds. The number of rotatable bonds is 6. The van der Waals surface area contributed by atoms with Crippen LogP contribution in [0.15, 0.2) is 58.1 Å². The van der Waals surface area contributed by atoms with Gasteiger partial charge in [0.25, 0.3) is 5.56 Å². The van der Waals surface area contributed by atoms with E-state index in [1.807, 2.05) is 30.3 Å². The molecule has 0 aliphatic heterocycles. The van der Waals surface area contributed by atoms with E-state index in [9.17, 15) is 9.59 Å². The van der Waals surface area contributed by atoms with Gasteiger partial charge in [-0.05, 0) is 42.3 Å². The van der Waals surface area contributed by atoms with E-state index in [-0.39, 0.29) is 24.4 Å². The Balaban J connectivity index is 1.65. The highest BCUT2D eigenvalue weighted by molar-refractivity contribution is 9.10. The number of carbonyl (C=O) groups excluding carboxylic acids is 1. The Morgan fingerprint density at radius 1 is 1.19 bits per heavy atom. The van der Waals surface area contributed by atoms with Crippen LogP contribution in [0.25, 0.3) is 10.9 Å². The fraction of sp³-hybridized carbons (Fsp3) is 0.250. The highest BCUT2D eigenvalue weighted by Crippen LogP contribution is 2.15. The molecular weight excluding hydrogens is 394 g/mol. The number of hydrogen-bond donors (Lipinski definition) is 1. The summed E-state index contributed by atoms with van der Waals surface area (Å²) in [5, 5.41) is 3.40. The highest BCUT2D eigenvalue weighted by atomic mass is 79.9. The lowest BCUT2D eigenvalue weighted by atomic mass is 10.1. The van der Waals surface area contributed by atoms with Crippen molar-refractivity contribution in [2.75, 3.05) is 5.32 Å². The number of aryl methyl sites for hydroxylation is 2. The summed E-state index contributed by atoms with van der Waals surface area (Å²) in [6.45, 7) is 2.42. The molecule has 6 heteroatoms. The van der Waals surface area contributed by atoms with Crippen molar-refractivity contribution < 1.29 is 4.79 Å². The predicted molar refractivity (Wildman–Crippen MR) is 107 cm³/mol. The number of benzene rings is 2. The average molecular weight is 414 g/mol. The number of aromatic nitrogens is 2. The van der Waals surface area contributed by atoms with Gasteiger partial charge in [-0.15, -0.1) is 0 Å². The SMILES string of the molecule is CCCc1ccc(NC(=O)CCn2cnc3ccc(Br)cc3c2=O)cc1. The van der Waals surface area contributed by atoms with Crippen molar-refractivity contribution in [2.24, 2.45) is 0 Å². The van der Waals surface area contributed by atoms with Crippen LogP contribution >= 0.6 is 15.9 Å². The third-order valence-electron chi connectivity index (χ3n) is 4.14. The first-order valence-electron chi connectivity index (χ1n) is 8.60. The third kappa shape index (κ3) is 4.38. The molecule has 0 saturated heterocycles. The second kappa shape index (κ2) is 8.27. The lowest BCUT2D eigenvalue weighted by Gasteiger charge is -2.08. The van der Waals surface area contributed by atoms with E-state index in [1.54, 1.807) is 12.1 Å². The summed E-state index contributed by atoms with van der Waals surface area (Å²) in [7, 11) is 0. The minimum absolute atomic E-state index is 0.130. The summed E-state index contributed by atoms with van der Waals surface area (Å²) >= 11 is 3.37. The van der Waals surface area contributed by atoms with Gasteiger partial charge in [0.1, 0.15) is 0 Å². The van der Waals surface area contributed by atoms with Crippen LogP contribution in [0, 0.1) is 0 Å². The molecule has 26 heavy (non-hydrogen) atoms. The second-order valence-electron chi connectivity index (χ2n) is 6.15. The number of anilines is 1. The molecule has 1 aromatic heterocycles. The zero-order chi connectivity index (χ0) is 18.5. The summed E-state index contributed by atoms with van der Waals surface area (Å²) < 4.78 is 2.30. The topological polar surface area (TPSA) is 64.0 Å². The summed E-state index contributed by atoms with van der Waals surface area (Å²) in [6.07, 6.45) is 3.82. The molecule has 5 nitrogen and oxygen atoms in total. The fourth-order valence-electron chi connectivity index (χ4n) is 2.78. The Bertz CT molecular complexity index is 981. The Morgan fingerprint density at radius 2 is 1.96 bits per heavy atom. The lowest BCUT2D eigenvalue weighted by molar-refractivity contribution is -0.116. The van der Waals surface area contributed by atoms with Crippen LogP contribution in [0.4, 0.5) is 5.69 Å². The summed E-state index contributed by atoms with van der Waals surface area (Å²) in [6, 6.07) is 13.2. The van der Waals surface area contributed by atoms with Crippen LogP contribution in [-0.4, -0.2) is 15.5 Å². The van der Waals surface area contributed by atoms with Crippen molar-refractivity contribution in [3.8, 4) is 0 Å². The molecule has 3 aromatic rings. The van der Waals surface area contributed by atoms with Crippen molar-refractivity contribution in [1.29, 1.82) is 0 Å². The number of hydrogen-bond acceptors (Lipinski definition) is 3. The number of nitrogens with one attached hydrogen (secondary N) is 1. The Kier molecular flexibility index (Phi) is 5.83. The van der Waals surface area contributed by atoms with Gasteiger partial charge < -0.3 is 5.32 Å². The van der Waals surface area contributed by atoms with Gasteiger partial charge in [0.2, 0.25) is 5.91 Å². The van der Waals surface area contributed by atoms with Crippen molar-refractivity contribution in [1.82, 2.24) is 9.55 Å². The molecule has 0 radical (unpaired) electrons. The van der Waals surface area contributed by atoms with E-state index in [4.69, 9.17) is 0 Å². The maximum Gasteiger partial charge on any atom is 0.261 e. The second-order valence-corrected chi connectivity index (χ2v) is 7.07. The summed E-state index contributed by atoms with van der Waals surface area (Å²) in [4.78, 5) is 29.0. The summed E-state index contributed by atoms with van der Waals surface area (Å²) in [5.41, 5.74) is 2.52. The fourth-order valence-corrected chi connectivity index (χ4v) is 3.14. The van der Waals surface area contributed by atoms with E-state index < -0.39 is 0 Å². The third-order valence-corrected chi connectivity index (χ3v) is 4.64. The maximum absolute atomic E-state index is 12.5. The standard InChI is InChI=1S/C20H20BrN3O2/c1-2-3-14-4-7-16(8-5-14)23-19(25)10-11-24-13-22-18-9-6-15(21)12-17(18)20(24)26/h4-9,12-13H,2-3,10-11H2,1H3,(H,23,25). The van der Waals surface area contributed by atoms with Gasteiger partial charge in [0.15, 0.2) is 0 Å². The monoisotopic (exact) mass is 413 g/mol. The van der Waals surface area contributed by atoms with Gasteiger partial charge in [0.05, 0.1) is 17.2 Å². The number of fused-ring (bicyclic) bond motifs is 1. The molecule has 0 spiro atoms. The van der Waals surface area contributed by atoms with E-state index in [0.29, 0.717) is 10.9 Å². The van der Waals surface area contributed by atoms with Crippen LogP contribution in [-0.2, 0) is 17.8 Å². The zero-order valence-corrected chi connectivity index (χ0v) is 16.1. The molecule has 1 N–H and O–H groups in total. The number of nitrogens with zero attached hydrogens (tertiary/aromatic N) is 2. The molecule has 0 fully saturated rings. The van der Waals surface area contributed by atoms with Crippen LogP contribution in [0.3, 0.4) is 0 Å². The maximum atomic E-state index is 12.5. The molecule has 0 atom stereocenters. The molecule has 0 saturated carbocycles. The van der Waals surface area contributed by atoms with Crippen LogP contribution in [0.5, 0.6) is 0 Å². The number of halogens is 1. The molecule has 2 aromatic carbocycles. The highest BCUT2D eigenvalue weighted by Gasteiger charge is 2.08. The molecule has 0 unspecified atom stereocenters. The van der Waals surface area contributed by atoms with Crippen molar-refractivity contribution in [3.63, 3.8) is 0 Å². The van der Waals surface area contributed by atoms with Crippen molar-refractivity contribution in [2.45, 2.75) is 32.7 Å². The smallest absolute Gasteiger partial charge is 0.261 e. The molecule has 134 valence electrons. The van der Waals surface area contributed by atoms with Crippen molar-refractivity contribution in [3.05, 3.63) is 69.2 Å². The van der Waals surface area contributed by atoms with Crippen molar-refractivity contribution >= 4 is 38.4 Å². The van der Waals surface area contributed by atoms with Gasteiger partial charge in [-0.2, -0.15) is 0 Å². The molecule has 0 bridgehead atoms. The van der Waals surface area contributed by atoms with E-state index in [0.717, 1.165) is 23.0 Å². The Labute approximate surface area is 160 Å². The molecule has 1 heterocycles. The van der Waals surface area contributed by atoms with Gasteiger partial charge in [-0.25, -0.2) is 4.98 Å². The zero-order valence-electron chi connectivity index (χ0n) is 14.5. The molecule has 0 aliphatic rings. The predicted octanol–water partition coefficient (Wildman–Crippen LogP) is 4.14. The van der Waals surface area contributed by atoms with Crippen LogP contribution < -0.4 is 10.9 Å². The first kappa shape index (κ1) is 18.3.